The third-order valence-electron chi connectivity index (χ3n) is 3.10. The average Bonchev–Trinajstić information content (AvgIpc) is 2.47. The fourth-order valence-corrected chi connectivity index (χ4v) is 2.08. The van der Waals surface area contributed by atoms with Crippen LogP contribution in [0.25, 0.3) is 11.3 Å². The smallest absolute Gasteiger partial charge is 0.225 e. The second-order valence-electron chi connectivity index (χ2n) is 5.42. The van der Waals surface area contributed by atoms with Crippen molar-refractivity contribution in [1.29, 1.82) is 0 Å². The minimum absolute atomic E-state index is 0.0125. The van der Waals surface area contributed by atoms with E-state index in [4.69, 9.17) is 0 Å². The summed E-state index contributed by atoms with van der Waals surface area (Å²) in [7, 11) is 0. The van der Waals surface area contributed by atoms with Gasteiger partial charge in [-0.1, -0.05) is 51.1 Å². The van der Waals surface area contributed by atoms with Gasteiger partial charge < -0.3 is 5.32 Å². The predicted molar refractivity (Wildman–Crippen MR) is 84.9 cm³/mol. The number of rotatable bonds is 5. The van der Waals surface area contributed by atoms with Crippen molar-refractivity contribution in [3.63, 3.8) is 0 Å². The van der Waals surface area contributed by atoms with Crippen molar-refractivity contribution in [3.8, 4) is 11.3 Å². The van der Waals surface area contributed by atoms with Crippen molar-refractivity contribution in [2.45, 2.75) is 33.6 Å². The molecule has 0 radical (unpaired) electrons. The Morgan fingerprint density at radius 1 is 1.24 bits per heavy atom. The first kappa shape index (κ1) is 15.2. The molecule has 0 aliphatic rings. The number of benzene rings is 1. The zero-order valence-electron chi connectivity index (χ0n) is 12.8. The molecule has 4 nitrogen and oxygen atoms in total. The maximum atomic E-state index is 11.9. The van der Waals surface area contributed by atoms with Gasteiger partial charge in [-0.2, -0.15) is 0 Å². The second kappa shape index (κ2) is 6.97. The summed E-state index contributed by atoms with van der Waals surface area (Å²) in [4.78, 5) is 20.9. The average molecular weight is 283 g/mol. The van der Waals surface area contributed by atoms with E-state index in [-0.39, 0.29) is 5.91 Å². The molecule has 0 atom stereocenters. The lowest BCUT2D eigenvalue weighted by atomic mass is 10.1. The number of amides is 1. The highest BCUT2D eigenvalue weighted by molar-refractivity contribution is 5.90. The van der Waals surface area contributed by atoms with Crippen LogP contribution in [0.2, 0.25) is 0 Å². The highest BCUT2D eigenvalue weighted by atomic mass is 16.1. The molecule has 0 unspecified atom stereocenters. The van der Waals surface area contributed by atoms with Crippen LogP contribution < -0.4 is 5.32 Å². The molecule has 1 heterocycles. The molecule has 0 bridgehead atoms. The SMILES string of the molecule is CCc1nc(-c2ccccc2)cnc1NC(=O)CC(C)C. The molecule has 1 amide bonds. The van der Waals surface area contributed by atoms with Crippen LogP contribution >= 0.6 is 0 Å². The van der Waals surface area contributed by atoms with Crippen LogP contribution in [0, 0.1) is 5.92 Å². The van der Waals surface area contributed by atoms with E-state index in [1.54, 1.807) is 6.20 Å². The first-order chi connectivity index (χ1) is 10.1. The number of carbonyl (C=O) groups is 1. The number of carbonyl (C=O) groups excluding carboxylic acids is 1. The van der Waals surface area contributed by atoms with Crippen molar-refractivity contribution in [1.82, 2.24) is 9.97 Å². The van der Waals surface area contributed by atoms with E-state index in [1.165, 1.54) is 0 Å². The standard InChI is InChI=1S/C17H21N3O/c1-4-14-17(20-16(21)10-12(2)3)18-11-15(19-14)13-8-6-5-7-9-13/h5-9,11-12H,4,10H2,1-3H3,(H,18,20,21). The van der Waals surface area contributed by atoms with E-state index < -0.39 is 0 Å². The molecule has 21 heavy (non-hydrogen) atoms. The van der Waals surface area contributed by atoms with Crippen molar-refractivity contribution < 1.29 is 4.79 Å². The van der Waals surface area contributed by atoms with Gasteiger partial charge in [-0.3, -0.25) is 4.79 Å². The van der Waals surface area contributed by atoms with Crippen molar-refractivity contribution in [3.05, 3.63) is 42.2 Å². The summed E-state index contributed by atoms with van der Waals surface area (Å²) in [6, 6.07) is 9.92. The van der Waals surface area contributed by atoms with Crippen LogP contribution in [-0.2, 0) is 11.2 Å². The predicted octanol–water partition coefficient (Wildman–Crippen LogP) is 3.69. The quantitative estimate of drug-likeness (QED) is 0.910. The van der Waals surface area contributed by atoms with Gasteiger partial charge >= 0.3 is 0 Å². The van der Waals surface area contributed by atoms with Gasteiger partial charge in [-0.05, 0) is 12.3 Å². The Morgan fingerprint density at radius 3 is 2.57 bits per heavy atom. The monoisotopic (exact) mass is 283 g/mol. The lowest BCUT2D eigenvalue weighted by Crippen LogP contribution is -2.16. The summed E-state index contributed by atoms with van der Waals surface area (Å²) in [6.07, 6.45) is 2.93. The Balaban J connectivity index is 2.23. The summed E-state index contributed by atoms with van der Waals surface area (Å²) in [5.74, 6) is 0.885. The second-order valence-corrected chi connectivity index (χ2v) is 5.42. The zero-order valence-corrected chi connectivity index (χ0v) is 12.8. The summed E-state index contributed by atoms with van der Waals surface area (Å²) in [5, 5.41) is 2.86. The Kier molecular flexibility index (Phi) is 5.04. The maximum Gasteiger partial charge on any atom is 0.225 e. The molecule has 2 rings (SSSR count). The minimum Gasteiger partial charge on any atom is -0.309 e. The molecular formula is C17H21N3O. The normalized spacial score (nSPS) is 10.7. The zero-order chi connectivity index (χ0) is 15.2. The Morgan fingerprint density at radius 2 is 1.95 bits per heavy atom. The van der Waals surface area contributed by atoms with Gasteiger partial charge in [0.25, 0.3) is 0 Å². The number of nitrogens with zero attached hydrogens (tertiary/aromatic N) is 2. The van der Waals surface area contributed by atoms with E-state index >= 15 is 0 Å². The van der Waals surface area contributed by atoms with Crippen molar-refractivity contribution in [2.75, 3.05) is 5.32 Å². The van der Waals surface area contributed by atoms with E-state index in [0.29, 0.717) is 18.2 Å². The number of hydrogen-bond acceptors (Lipinski definition) is 3. The number of anilines is 1. The number of aryl methyl sites for hydroxylation is 1. The van der Waals surface area contributed by atoms with Crippen LogP contribution in [0.4, 0.5) is 5.82 Å². The molecule has 0 fully saturated rings. The first-order valence-corrected chi connectivity index (χ1v) is 7.31. The summed E-state index contributed by atoms with van der Waals surface area (Å²) < 4.78 is 0. The van der Waals surface area contributed by atoms with Crippen molar-refractivity contribution >= 4 is 11.7 Å². The molecule has 1 N–H and O–H groups in total. The summed E-state index contributed by atoms with van der Waals surface area (Å²) >= 11 is 0. The van der Waals surface area contributed by atoms with Crippen LogP contribution in [0.1, 0.15) is 32.9 Å². The fraction of sp³-hybridized carbons (Fsp3) is 0.353. The topological polar surface area (TPSA) is 54.9 Å². The molecular weight excluding hydrogens is 262 g/mol. The first-order valence-electron chi connectivity index (χ1n) is 7.31. The summed E-state index contributed by atoms with van der Waals surface area (Å²) in [5.41, 5.74) is 2.67. The molecule has 0 saturated heterocycles. The van der Waals surface area contributed by atoms with Crippen LogP contribution in [-0.4, -0.2) is 15.9 Å². The van der Waals surface area contributed by atoms with E-state index in [2.05, 4.69) is 15.3 Å². The lowest BCUT2D eigenvalue weighted by molar-refractivity contribution is -0.116. The summed E-state index contributed by atoms with van der Waals surface area (Å²) in [6.45, 7) is 6.05. The molecule has 1 aromatic carbocycles. The van der Waals surface area contributed by atoms with Crippen LogP contribution in [0.5, 0.6) is 0 Å². The molecule has 0 aliphatic heterocycles. The van der Waals surface area contributed by atoms with E-state index in [9.17, 15) is 4.79 Å². The maximum absolute atomic E-state index is 11.9. The number of hydrogen-bond donors (Lipinski definition) is 1. The van der Waals surface area contributed by atoms with E-state index in [0.717, 1.165) is 23.4 Å². The van der Waals surface area contributed by atoms with Crippen LogP contribution in [0.3, 0.4) is 0 Å². The molecule has 0 spiro atoms. The molecule has 0 saturated carbocycles. The van der Waals surface area contributed by atoms with Crippen LogP contribution in [0.15, 0.2) is 36.5 Å². The largest absolute Gasteiger partial charge is 0.309 e. The third kappa shape index (κ3) is 4.12. The Labute approximate surface area is 125 Å². The fourth-order valence-electron chi connectivity index (χ4n) is 2.08. The molecule has 0 aliphatic carbocycles. The number of nitrogens with one attached hydrogen (secondary N) is 1. The van der Waals surface area contributed by atoms with Gasteiger partial charge in [0.05, 0.1) is 17.6 Å². The van der Waals surface area contributed by atoms with Gasteiger partial charge in [-0.15, -0.1) is 0 Å². The Bertz CT molecular complexity index is 609. The Hall–Kier alpha value is -2.23. The van der Waals surface area contributed by atoms with Gasteiger partial charge in [0.15, 0.2) is 5.82 Å². The number of aromatic nitrogens is 2. The third-order valence-corrected chi connectivity index (χ3v) is 3.10. The van der Waals surface area contributed by atoms with Crippen molar-refractivity contribution in [2.24, 2.45) is 5.92 Å². The molecule has 110 valence electrons. The van der Waals surface area contributed by atoms with Gasteiger partial charge in [0.1, 0.15) is 0 Å². The van der Waals surface area contributed by atoms with Gasteiger partial charge in [0.2, 0.25) is 5.91 Å². The molecule has 4 heteroatoms. The minimum atomic E-state index is -0.0125. The van der Waals surface area contributed by atoms with Gasteiger partial charge in [0, 0.05) is 12.0 Å². The highest BCUT2D eigenvalue weighted by Crippen LogP contribution is 2.20. The van der Waals surface area contributed by atoms with Gasteiger partial charge in [-0.25, -0.2) is 9.97 Å². The van der Waals surface area contributed by atoms with E-state index in [1.807, 2.05) is 51.1 Å². The molecule has 2 aromatic rings. The lowest BCUT2D eigenvalue weighted by Gasteiger charge is -2.11. The highest BCUT2D eigenvalue weighted by Gasteiger charge is 2.11. The molecule has 1 aromatic heterocycles.